The van der Waals surface area contributed by atoms with E-state index in [1.165, 1.54) is 38.5 Å². The van der Waals surface area contributed by atoms with E-state index < -0.39 is 0 Å². The van der Waals surface area contributed by atoms with Crippen LogP contribution in [0.25, 0.3) is 0 Å². The minimum Gasteiger partial charge on any atom is -0.393 e. The van der Waals surface area contributed by atoms with Gasteiger partial charge in [0.2, 0.25) is 0 Å². The molecule has 2 aliphatic carbocycles. The van der Waals surface area contributed by atoms with Crippen LogP contribution in [0.15, 0.2) is 0 Å². The fraction of sp³-hybridized carbons (Fsp3) is 0.941. The van der Waals surface area contributed by atoms with Crippen LogP contribution in [-0.2, 0) is 4.79 Å². The first-order valence-corrected chi connectivity index (χ1v) is 8.39. The molecular formula is C17H30O2. The van der Waals surface area contributed by atoms with Crippen LogP contribution in [0.2, 0.25) is 0 Å². The van der Waals surface area contributed by atoms with E-state index in [9.17, 15) is 9.90 Å². The molecule has 0 aromatic carbocycles. The minimum atomic E-state index is -0.238. The van der Waals surface area contributed by atoms with Crippen molar-refractivity contribution in [2.24, 2.45) is 17.8 Å². The molecule has 0 aromatic heterocycles. The van der Waals surface area contributed by atoms with Gasteiger partial charge in [0, 0.05) is 12.3 Å². The Morgan fingerprint density at radius 2 is 1.89 bits per heavy atom. The van der Waals surface area contributed by atoms with Gasteiger partial charge in [0.1, 0.15) is 5.78 Å². The Morgan fingerprint density at radius 1 is 1.16 bits per heavy atom. The van der Waals surface area contributed by atoms with Crippen molar-refractivity contribution in [2.75, 3.05) is 0 Å². The van der Waals surface area contributed by atoms with Crippen molar-refractivity contribution in [1.82, 2.24) is 0 Å². The van der Waals surface area contributed by atoms with Gasteiger partial charge in [-0.2, -0.15) is 0 Å². The first-order valence-electron chi connectivity index (χ1n) is 8.39. The summed E-state index contributed by atoms with van der Waals surface area (Å²) < 4.78 is 0. The molecule has 0 amide bonds. The lowest BCUT2D eigenvalue weighted by atomic mass is 9.76. The molecule has 1 N–H and O–H groups in total. The number of rotatable bonds is 6. The molecule has 0 heterocycles. The molecule has 19 heavy (non-hydrogen) atoms. The predicted molar refractivity (Wildman–Crippen MR) is 77.9 cm³/mol. The SMILES string of the molecule is CCCC1CCC(=O)C(CC(O)CC2CCCC2)C1. The smallest absolute Gasteiger partial charge is 0.136 e. The lowest BCUT2D eigenvalue weighted by Gasteiger charge is -2.29. The number of hydrogen-bond acceptors (Lipinski definition) is 2. The van der Waals surface area contributed by atoms with E-state index in [1.807, 2.05) is 0 Å². The molecule has 0 saturated heterocycles. The lowest BCUT2D eigenvalue weighted by molar-refractivity contribution is -0.127. The topological polar surface area (TPSA) is 37.3 Å². The van der Waals surface area contributed by atoms with Crippen molar-refractivity contribution in [3.05, 3.63) is 0 Å². The summed E-state index contributed by atoms with van der Waals surface area (Å²) in [6.07, 6.45) is 12.0. The van der Waals surface area contributed by atoms with Gasteiger partial charge >= 0.3 is 0 Å². The van der Waals surface area contributed by atoms with Crippen molar-refractivity contribution in [2.45, 2.75) is 83.7 Å². The van der Waals surface area contributed by atoms with E-state index in [0.717, 1.165) is 43.9 Å². The molecule has 0 radical (unpaired) electrons. The van der Waals surface area contributed by atoms with Gasteiger partial charge in [0.05, 0.1) is 6.10 Å². The highest BCUT2D eigenvalue weighted by Gasteiger charge is 2.30. The van der Waals surface area contributed by atoms with E-state index >= 15 is 0 Å². The zero-order valence-electron chi connectivity index (χ0n) is 12.4. The second-order valence-electron chi connectivity index (χ2n) is 6.87. The normalized spacial score (nSPS) is 30.7. The van der Waals surface area contributed by atoms with Crippen LogP contribution in [0.3, 0.4) is 0 Å². The molecule has 2 nitrogen and oxygen atoms in total. The summed E-state index contributed by atoms with van der Waals surface area (Å²) in [5.74, 6) is 2.02. The monoisotopic (exact) mass is 266 g/mol. The first kappa shape index (κ1) is 15.0. The lowest BCUT2D eigenvalue weighted by Crippen LogP contribution is -2.29. The number of Topliss-reactive ketones (excluding diaryl/α,β-unsaturated/α-hetero) is 1. The second-order valence-corrected chi connectivity index (χ2v) is 6.87. The summed E-state index contributed by atoms with van der Waals surface area (Å²) in [5.41, 5.74) is 0. The summed E-state index contributed by atoms with van der Waals surface area (Å²) in [6, 6.07) is 0. The fourth-order valence-electron chi connectivity index (χ4n) is 4.16. The highest BCUT2D eigenvalue weighted by atomic mass is 16.3. The Morgan fingerprint density at radius 3 is 2.58 bits per heavy atom. The van der Waals surface area contributed by atoms with Gasteiger partial charge in [-0.05, 0) is 37.5 Å². The zero-order valence-corrected chi connectivity index (χ0v) is 12.4. The van der Waals surface area contributed by atoms with Crippen LogP contribution in [0.5, 0.6) is 0 Å². The quantitative estimate of drug-likeness (QED) is 0.785. The molecule has 2 aliphatic rings. The number of ketones is 1. The van der Waals surface area contributed by atoms with Crippen LogP contribution >= 0.6 is 0 Å². The molecule has 3 unspecified atom stereocenters. The van der Waals surface area contributed by atoms with Gasteiger partial charge in [-0.15, -0.1) is 0 Å². The molecule has 110 valence electrons. The van der Waals surface area contributed by atoms with Gasteiger partial charge in [0.15, 0.2) is 0 Å². The predicted octanol–water partition coefficient (Wildman–Crippen LogP) is 4.10. The van der Waals surface area contributed by atoms with Crippen LogP contribution in [0.4, 0.5) is 0 Å². The van der Waals surface area contributed by atoms with Crippen molar-refractivity contribution in [1.29, 1.82) is 0 Å². The van der Waals surface area contributed by atoms with Gasteiger partial charge in [-0.3, -0.25) is 4.79 Å². The van der Waals surface area contributed by atoms with E-state index in [4.69, 9.17) is 0 Å². The van der Waals surface area contributed by atoms with Gasteiger partial charge in [-0.1, -0.05) is 45.4 Å². The van der Waals surface area contributed by atoms with E-state index in [0.29, 0.717) is 5.78 Å². The third-order valence-electron chi connectivity index (χ3n) is 5.21. The first-order chi connectivity index (χ1) is 9.19. The Hall–Kier alpha value is -0.370. The maximum absolute atomic E-state index is 12.0. The second kappa shape index (κ2) is 7.42. The van der Waals surface area contributed by atoms with Crippen LogP contribution in [0.1, 0.15) is 77.6 Å². The molecule has 0 aliphatic heterocycles. The highest BCUT2D eigenvalue weighted by Crippen LogP contribution is 2.34. The number of hydrogen-bond donors (Lipinski definition) is 1. The van der Waals surface area contributed by atoms with Crippen molar-refractivity contribution in [3.63, 3.8) is 0 Å². The van der Waals surface area contributed by atoms with Crippen molar-refractivity contribution in [3.8, 4) is 0 Å². The third kappa shape index (κ3) is 4.59. The molecule has 2 heteroatoms. The average Bonchev–Trinajstić information content (AvgIpc) is 2.86. The van der Waals surface area contributed by atoms with Crippen LogP contribution in [-0.4, -0.2) is 17.0 Å². The largest absolute Gasteiger partial charge is 0.393 e. The Balaban J connectivity index is 1.76. The Bertz CT molecular complexity index is 281. The van der Waals surface area contributed by atoms with Gasteiger partial charge in [0.25, 0.3) is 0 Å². The molecule has 3 atom stereocenters. The number of aliphatic hydroxyl groups is 1. The van der Waals surface area contributed by atoms with Gasteiger partial charge < -0.3 is 5.11 Å². The Labute approximate surface area is 118 Å². The van der Waals surface area contributed by atoms with Gasteiger partial charge in [-0.25, -0.2) is 0 Å². The molecule has 2 fully saturated rings. The number of carbonyl (C=O) groups excluding carboxylic acids is 1. The molecule has 0 bridgehead atoms. The summed E-state index contributed by atoms with van der Waals surface area (Å²) in [7, 11) is 0. The minimum absolute atomic E-state index is 0.154. The third-order valence-corrected chi connectivity index (χ3v) is 5.21. The fourth-order valence-corrected chi connectivity index (χ4v) is 4.16. The molecule has 2 rings (SSSR count). The number of carbonyl (C=O) groups is 1. The van der Waals surface area contributed by atoms with Crippen molar-refractivity contribution >= 4 is 5.78 Å². The highest BCUT2D eigenvalue weighted by molar-refractivity contribution is 5.81. The Kier molecular flexibility index (Phi) is 5.87. The summed E-state index contributed by atoms with van der Waals surface area (Å²) in [4.78, 5) is 12.0. The summed E-state index contributed by atoms with van der Waals surface area (Å²) in [5, 5.41) is 10.2. The molecule has 0 aromatic rings. The van der Waals surface area contributed by atoms with Crippen LogP contribution < -0.4 is 0 Å². The molecule has 0 spiro atoms. The van der Waals surface area contributed by atoms with Crippen molar-refractivity contribution < 1.29 is 9.90 Å². The summed E-state index contributed by atoms with van der Waals surface area (Å²) >= 11 is 0. The number of aliphatic hydroxyl groups excluding tert-OH is 1. The van der Waals surface area contributed by atoms with E-state index in [2.05, 4.69) is 6.92 Å². The molecular weight excluding hydrogens is 236 g/mol. The standard InChI is InChI=1S/C17H30O2/c1-2-5-13-8-9-17(19)15(10-13)12-16(18)11-14-6-3-4-7-14/h13-16,18H,2-12H2,1H3. The van der Waals surface area contributed by atoms with Crippen LogP contribution in [0, 0.1) is 17.8 Å². The summed E-state index contributed by atoms with van der Waals surface area (Å²) in [6.45, 7) is 2.22. The zero-order chi connectivity index (χ0) is 13.7. The molecule has 2 saturated carbocycles. The maximum atomic E-state index is 12.0. The van der Waals surface area contributed by atoms with E-state index in [1.54, 1.807) is 0 Å². The maximum Gasteiger partial charge on any atom is 0.136 e. The van der Waals surface area contributed by atoms with E-state index in [-0.39, 0.29) is 12.0 Å². The average molecular weight is 266 g/mol.